The van der Waals surface area contributed by atoms with Crippen LogP contribution >= 0.6 is 0 Å². The number of hydrogen-bond acceptors (Lipinski definition) is 3. The largest absolute Gasteiger partial charge is 0.306 e. The molecule has 1 aromatic rings. The van der Waals surface area contributed by atoms with E-state index in [0.717, 1.165) is 10.5 Å². The minimum absolute atomic E-state index is 0.186. The number of rotatable bonds is 2. The Morgan fingerprint density at radius 3 is 2.45 bits per heavy atom. The average Bonchev–Trinajstić information content (AvgIpc) is 2.43. The van der Waals surface area contributed by atoms with Gasteiger partial charge in [-0.05, 0) is 18.6 Å². The van der Waals surface area contributed by atoms with Gasteiger partial charge >= 0.3 is 0 Å². The van der Waals surface area contributed by atoms with Gasteiger partial charge in [-0.1, -0.05) is 30.3 Å². The first kappa shape index (κ1) is 14.0. The molecule has 1 aliphatic rings. The van der Waals surface area contributed by atoms with Gasteiger partial charge in [-0.2, -0.15) is 0 Å². The average molecular weight is 272 g/mol. The number of carbonyl (C=O) groups is 3. The van der Waals surface area contributed by atoms with E-state index < -0.39 is 11.8 Å². The quantitative estimate of drug-likeness (QED) is 0.762. The van der Waals surface area contributed by atoms with Gasteiger partial charge in [0, 0.05) is 13.5 Å². The minimum atomic E-state index is -0.428. The third kappa shape index (κ3) is 2.61. The molecule has 3 amide bonds. The zero-order valence-corrected chi connectivity index (χ0v) is 11.5. The highest BCUT2D eigenvalue weighted by atomic mass is 16.2. The lowest BCUT2D eigenvalue weighted by atomic mass is 10.1. The second kappa shape index (κ2) is 5.69. The molecule has 0 spiro atoms. The smallest absolute Gasteiger partial charge is 0.277 e. The number of nitrogens with zero attached hydrogens (tertiary/aromatic N) is 2. The summed E-state index contributed by atoms with van der Waals surface area (Å²) in [5.41, 5.74) is 1.05. The van der Waals surface area contributed by atoms with Crippen molar-refractivity contribution >= 4 is 23.8 Å². The molecule has 5 nitrogen and oxygen atoms in total. The van der Waals surface area contributed by atoms with Gasteiger partial charge in [-0.15, -0.1) is 0 Å². The molecule has 0 aromatic heterocycles. The topological polar surface area (TPSA) is 57.7 Å². The molecule has 0 radical (unpaired) electrons. The molecule has 0 unspecified atom stereocenters. The number of imide groups is 1. The van der Waals surface area contributed by atoms with Crippen LogP contribution in [0.4, 0.5) is 0 Å². The van der Waals surface area contributed by atoms with Crippen molar-refractivity contribution in [2.24, 2.45) is 0 Å². The van der Waals surface area contributed by atoms with Crippen molar-refractivity contribution in [1.82, 2.24) is 9.80 Å². The highest BCUT2D eigenvalue weighted by molar-refractivity contribution is 6.12. The van der Waals surface area contributed by atoms with Crippen LogP contribution in [0, 0.1) is 0 Å². The summed E-state index contributed by atoms with van der Waals surface area (Å²) >= 11 is 0. The van der Waals surface area contributed by atoms with Gasteiger partial charge in [-0.3, -0.25) is 19.3 Å². The molecule has 20 heavy (non-hydrogen) atoms. The van der Waals surface area contributed by atoms with Gasteiger partial charge in [0.1, 0.15) is 12.2 Å². The number of piperazine rings is 1. The molecule has 104 valence electrons. The lowest BCUT2D eigenvalue weighted by Crippen LogP contribution is -2.53. The maximum atomic E-state index is 12.3. The van der Waals surface area contributed by atoms with Crippen LogP contribution < -0.4 is 0 Å². The fraction of sp³-hybridized carbons (Fsp3) is 0.267. The lowest BCUT2D eigenvalue weighted by Gasteiger charge is -2.33. The van der Waals surface area contributed by atoms with E-state index in [4.69, 9.17) is 0 Å². The summed E-state index contributed by atoms with van der Waals surface area (Å²) in [4.78, 5) is 38.2. The van der Waals surface area contributed by atoms with Gasteiger partial charge in [0.15, 0.2) is 0 Å². The first-order valence-corrected chi connectivity index (χ1v) is 6.44. The maximum Gasteiger partial charge on any atom is 0.277 e. The van der Waals surface area contributed by atoms with Crippen LogP contribution in [0.1, 0.15) is 19.4 Å². The fourth-order valence-corrected chi connectivity index (χ4v) is 2.13. The third-order valence-corrected chi connectivity index (χ3v) is 3.15. The SMILES string of the molecule is CCN1C(=O)CN(C(C)=O)C(=O)C1=Cc1ccccc1. The molecule has 2 rings (SSSR count). The van der Waals surface area contributed by atoms with Gasteiger partial charge < -0.3 is 4.90 Å². The fourth-order valence-electron chi connectivity index (χ4n) is 2.13. The Kier molecular flexibility index (Phi) is 3.98. The first-order valence-electron chi connectivity index (χ1n) is 6.44. The molecule has 0 N–H and O–H groups in total. The number of hydrogen-bond donors (Lipinski definition) is 0. The zero-order valence-electron chi connectivity index (χ0n) is 11.5. The Bertz CT molecular complexity index is 578. The summed E-state index contributed by atoms with van der Waals surface area (Å²) < 4.78 is 0. The van der Waals surface area contributed by atoms with Gasteiger partial charge in [0.05, 0.1) is 0 Å². The minimum Gasteiger partial charge on any atom is -0.306 e. The van der Waals surface area contributed by atoms with Crippen molar-refractivity contribution in [3.63, 3.8) is 0 Å². The summed E-state index contributed by atoms with van der Waals surface area (Å²) in [6, 6.07) is 9.24. The summed E-state index contributed by atoms with van der Waals surface area (Å²) in [5.74, 6) is -1.09. The Hall–Kier alpha value is -2.43. The monoisotopic (exact) mass is 272 g/mol. The molecular weight excluding hydrogens is 256 g/mol. The predicted octanol–water partition coefficient (Wildman–Crippen LogP) is 1.26. The Labute approximate surface area is 117 Å². The Morgan fingerprint density at radius 1 is 1.25 bits per heavy atom. The van der Waals surface area contributed by atoms with Crippen LogP contribution in [0.3, 0.4) is 0 Å². The lowest BCUT2D eigenvalue weighted by molar-refractivity contribution is -0.152. The van der Waals surface area contributed by atoms with E-state index in [2.05, 4.69) is 0 Å². The summed E-state index contributed by atoms with van der Waals surface area (Å²) in [6.07, 6.45) is 1.64. The number of amides is 3. The van der Waals surface area contributed by atoms with Gasteiger partial charge in [0.2, 0.25) is 11.8 Å². The molecule has 1 saturated heterocycles. The Balaban J connectivity index is 2.44. The van der Waals surface area contributed by atoms with Crippen molar-refractivity contribution in [2.45, 2.75) is 13.8 Å². The number of carbonyl (C=O) groups excluding carboxylic acids is 3. The van der Waals surface area contributed by atoms with Crippen LogP contribution in [0.15, 0.2) is 36.0 Å². The highest BCUT2D eigenvalue weighted by Gasteiger charge is 2.35. The molecule has 0 atom stereocenters. The normalized spacial score (nSPS) is 17.8. The van der Waals surface area contributed by atoms with Crippen LogP contribution in [0.2, 0.25) is 0 Å². The van der Waals surface area contributed by atoms with Crippen molar-refractivity contribution in [3.05, 3.63) is 41.6 Å². The maximum absolute atomic E-state index is 12.3. The van der Waals surface area contributed by atoms with Crippen molar-refractivity contribution in [1.29, 1.82) is 0 Å². The van der Waals surface area contributed by atoms with E-state index in [9.17, 15) is 14.4 Å². The molecule has 1 aliphatic heterocycles. The van der Waals surface area contributed by atoms with Crippen LogP contribution in [0.25, 0.3) is 6.08 Å². The van der Waals surface area contributed by atoms with Crippen LogP contribution in [-0.4, -0.2) is 40.6 Å². The predicted molar refractivity (Wildman–Crippen MR) is 74.2 cm³/mol. The second-order valence-corrected chi connectivity index (χ2v) is 4.49. The van der Waals surface area contributed by atoms with E-state index >= 15 is 0 Å². The summed E-state index contributed by atoms with van der Waals surface area (Å²) in [5, 5.41) is 0. The van der Waals surface area contributed by atoms with Gasteiger partial charge in [0.25, 0.3) is 5.91 Å². The molecule has 0 bridgehead atoms. The van der Waals surface area contributed by atoms with E-state index in [1.807, 2.05) is 30.3 Å². The van der Waals surface area contributed by atoms with Crippen LogP contribution in [-0.2, 0) is 14.4 Å². The molecule has 1 fully saturated rings. The number of likely N-dealkylation sites (N-methyl/N-ethyl adjacent to an activating group) is 1. The van der Waals surface area contributed by atoms with E-state index in [0.29, 0.717) is 6.54 Å². The highest BCUT2D eigenvalue weighted by Crippen LogP contribution is 2.19. The van der Waals surface area contributed by atoms with E-state index in [1.54, 1.807) is 13.0 Å². The molecule has 0 aliphatic carbocycles. The number of benzene rings is 1. The van der Waals surface area contributed by atoms with E-state index in [1.165, 1.54) is 11.8 Å². The van der Waals surface area contributed by atoms with Gasteiger partial charge in [-0.25, -0.2) is 0 Å². The third-order valence-electron chi connectivity index (χ3n) is 3.15. The molecule has 1 heterocycles. The summed E-state index contributed by atoms with van der Waals surface area (Å²) in [6.45, 7) is 3.30. The summed E-state index contributed by atoms with van der Waals surface area (Å²) in [7, 11) is 0. The first-order chi connectivity index (χ1) is 9.54. The second-order valence-electron chi connectivity index (χ2n) is 4.49. The van der Waals surface area contributed by atoms with E-state index in [-0.39, 0.29) is 18.1 Å². The standard InChI is InChI=1S/C15H16N2O3/c1-3-16-13(9-12-7-5-4-6-8-12)15(20)17(11(2)18)10-14(16)19/h4-9H,3,10H2,1-2H3. The van der Waals surface area contributed by atoms with Crippen molar-refractivity contribution in [2.75, 3.05) is 13.1 Å². The van der Waals surface area contributed by atoms with Crippen molar-refractivity contribution in [3.8, 4) is 0 Å². The molecular formula is C15H16N2O3. The van der Waals surface area contributed by atoms with Crippen molar-refractivity contribution < 1.29 is 14.4 Å². The molecule has 0 saturated carbocycles. The van der Waals surface area contributed by atoms with Crippen LogP contribution in [0.5, 0.6) is 0 Å². The zero-order chi connectivity index (χ0) is 14.7. The Morgan fingerprint density at radius 2 is 1.90 bits per heavy atom. The molecule has 5 heteroatoms. The molecule has 1 aromatic carbocycles.